The summed E-state index contributed by atoms with van der Waals surface area (Å²) in [4.78, 5) is 38.0. The molecule has 12 nitrogen and oxygen atoms in total. The van der Waals surface area contributed by atoms with Gasteiger partial charge in [0.2, 0.25) is 0 Å². The minimum Gasteiger partial charge on any atom is -0.447 e. The van der Waals surface area contributed by atoms with Crippen LogP contribution in [-0.4, -0.2) is 65.7 Å². The summed E-state index contributed by atoms with van der Waals surface area (Å²) in [5.74, 6) is -0.694. The van der Waals surface area contributed by atoms with Crippen LogP contribution in [0.1, 0.15) is 70.2 Å². The van der Waals surface area contributed by atoms with Crippen molar-refractivity contribution >= 4 is 29.6 Å². The number of amides is 2. The zero-order chi connectivity index (χ0) is 38.1. The van der Waals surface area contributed by atoms with Crippen molar-refractivity contribution in [1.82, 2.24) is 34.8 Å². The van der Waals surface area contributed by atoms with E-state index in [4.69, 9.17) is 27.1 Å². The number of rotatable bonds is 10. The van der Waals surface area contributed by atoms with E-state index in [2.05, 4.69) is 20.5 Å². The van der Waals surface area contributed by atoms with Crippen LogP contribution in [0.25, 0.3) is 16.8 Å². The Balaban J connectivity index is 1.21. The fourth-order valence-corrected chi connectivity index (χ4v) is 8.00. The lowest BCUT2D eigenvalue weighted by Gasteiger charge is -2.69. The van der Waals surface area contributed by atoms with Gasteiger partial charge in [0.15, 0.2) is 11.5 Å². The van der Waals surface area contributed by atoms with E-state index in [0.29, 0.717) is 37.6 Å². The summed E-state index contributed by atoms with van der Waals surface area (Å²) >= 11 is 6.52. The second-order valence-electron chi connectivity index (χ2n) is 15.2. The number of ether oxygens (including phenoxy) is 1. The molecule has 3 fully saturated rings. The molecule has 2 aromatic carbocycles. The first-order valence-corrected chi connectivity index (χ1v) is 17.0. The Morgan fingerprint density at radius 3 is 2.34 bits per heavy atom. The Morgan fingerprint density at radius 2 is 1.75 bits per heavy atom. The van der Waals surface area contributed by atoms with Gasteiger partial charge in [-0.05, 0) is 59.9 Å². The van der Waals surface area contributed by atoms with E-state index in [1.807, 2.05) is 20.8 Å². The van der Waals surface area contributed by atoms with E-state index in [0.717, 1.165) is 0 Å². The van der Waals surface area contributed by atoms with Crippen LogP contribution in [0.4, 0.5) is 26.7 Å². The minimum absolute atomic E-state index is 0.167. The molecule has 3 heterocycles. The molecule has 3 aliphatic carbocycles. The second kappa shape index (κ2) is 12.5. The molecule has 3 saturated carbocycles. The topological polar surface area (TPSA) is 146 Å². The SMILES string of the molecule is CC(C)(C)C[C@]1(c2ccc(-c3cnn(C(F)F)c3)cc2)N=C(N)N(C(COC(=O)NC23CC(C(F)(F)F)(C2)C3)c2ccc(Cl)c(-n3cncn3)c2)C1=O. The lowest BCUT2D eigenvalue weighted by molar-refractivity contribution is -0.337. The number of alkyl halides is 5. The number of nitrogens with zero attached hydrogens (tertiary/aromatic N) is 7. The van der Waals surface area contributed by atoms with Gasteiger partial charge in [-0.25, -0.2) is 24.1 Å². The molecule has 2 atom stereocenters. The maximum atomic E-state index is 14.9. The van der Waals surface area contributed by atoms with Gasteiger partial charge in [-0.1, -0.05) is 62.7 Å². The molecule has 4 aromatic rings. The van der Waals surface area contributed by atoms with Crippen LogP contribution in [0, 0.1) is 10.8 Å². The van der Waals surface area contributed by atoms with E-state index in [-0.39, 0.29) is 31.6 Å². The Bertz CT molecular complexity index is 2060. The van der Waals surface area contributed by atoms with E-state index in [1.165, 1.54) is 34.6 Å². The number of hydrogen-bond donors (Lipinski definition) is 2. The summed E-state index contributed by atoms with van der Waals surface area (Å²) in [5.41, 5.74) is 4.13. The van der Waals surface area contributed by atoms with Crippen molar-refractivity contribution in [3.05, 3.63) is 83.7 Å². The summed E-state index contributed by atoms with van der Waals surface area (Å²) in [6.07, 6.45) is -0.521. The van der Waals surface area contributed by atoms with Gasteiger partial charge in [0, 0.05) is 17.3 Å². The highest BCUT2D eigenvalue weighted by Crippen LogP contribution is 2.73. The summed E-state index contributed by atoms with van der Waals surface area (Å²) < 4.78 is 74.3. The number of alkyl carbamates (subject to hydrolysis) is 1. The Morgan fingerprint density at radius 1 is 1.06 bits per heavy atom. The van der Waals surface area contributed by atoms with Crippen LogP contribution < -0.4 is 11.1 Å². The molecule has 2 aromatic heterocycles. The standard InChI is InChI=1S/C35H35ClF5N9O3/c1-31(2,3)14-34(23-7-4-20(5-8-23)22-11-44-48(12-22)28(37)38)27(51)50(29(42)46-34)26(21-6-9-24(36)25(10-21)49-19-43-18-45-49)13-53-30(52)47-33-15-32(16-33,17-33)35(39,40)41/h4-12,18-19,26,28H,13-17H2,1-3H3,(H2,42,46)(H,47,52)/t26?,32?,33?,34-/m1/s1. The molecular formula is C35H35ClF5N9O3. The predicted octanol–water partition coefficient (Wildman–Crippen LogP) is 6.92. The normalized spacial score (nSPS) is 24.5. The van der Waals surface area contributed by atoms with Crippen molar-refractivity contribution in [3.63, 3.8) is 0 Å². The molecule has 0 saturated heterocycles. The predicted molar refractivity (Wildman–Crippen MR) is 182 cm³/mol. The third-order valence-corrected chi connectivity index (χ3v) is 10.4. The van der Waals surface area contributed by atoms with E-state index < -0.39 is 59.3 Å². The van der Waals surface area contributed by atoms with Gasteiger partial charge < -0.3 is 15.8 Å². The molecule has 53 heavy (non-hydrogen) atoms. The molecule has 1 aliphatic heterocycles. The molecule has 8 rings (SSSR count). The molecule has 18 heteroatoms. The first kappa shape index (κ1) is 36.3. The summed E-state index contributed by atoms with van der Waals surface area (Å²) in [6, 6.07) is 10.5. The third kappa shape index (κ3) is 6.38. The molecule has 3 N–H and O–H groups in total. The summed E-state index contributed by atoms with van der Waals surface area (Å²) in [6.45, 7) is 2.55. The molecule has 2 amide bonds. The van der Waals surface area contributed by atoms with Gasteiger partial charge in [-0.3, -0.25) is 9.69 Å². The molecule has 1 unspecified atom stereocenters. The fraction of sp³-hybridized carbons (Fsp3) is 0.429. The highest BCUT2D eigenvalue weighted by Gasteiger charge is 2.79. The molecule has 0 radical (unpaired) electrons. The lowest BCUT2D eigenvalue weighted by Crippen LogP contribution is -2.78. The number of carbonyl (C=O) groups is 2. The summed E-state index contributed by atoms with van der Waals surface area (Å²) in [7, 11) is 0. The van der Waals surface area contributed by atoms with Gasteiger partial charge in [0.05, 0.1) is 28.4 Å². The molecule has 4 aliphatic rings. The Hall–Kier alpha value is -5.06. The highest BCUT2D eigenvalue weighted by atomic mass is 35.5. The highest BCUT2D eigenvalue weighted by molar-refractivity contribution is 6.32. The number of guanidine groups is 1. The number of carbonyl (C=O) groups excluding carboxylic acids is 2. The summed E-state index contributed by atoms with van der Waals surface area (Å²) in [5, 5.41) is 10.7. The smallest absolute Gasteiger partial charge is 0.407 e. The van der Waals surface area contributed by atoms with Crippen molar-refractivity contribution < 1.29 is 36.3 Å². The van der Waals surface area contributed by atoms with Gasteiger partial charge in [0.1, 0.15) is 19.3 Å². The number of halogens is 6. The number of nitrogens with one attached hydrogen (secondary N) is 1. The van der Waals surface area contributed by atoms with Crippen molar-refractivity contribution in [3.8, 4) is 16.8 Å². The lowest BCUT2D eigenvalue weighted by atomic mass is 9.39. The van der Waals surface area contributed by atoms with Gasteiger partial charge in [0.25, 0.3) is 5.91 Å². The van der Waals surface area contributed by atoms with Crippen molar-refractivity contribution in [2.45, 2.75) is 76.3 Å². The van der Waals surface area contributed by atoms with Crippen molar-refractivity contribution in [2.75, 3.05) is 6.61 Å². The zero-order valence-electron chi connectivity index (χ0n) is 28.7. The number of aromatic nitrogens is 5. The van der Waals surface area contributed by atoms with E-state index >= 15 is 0 Å². The van der Waals surface area contributed by atoms with Crippen LogP contribution in [-0.2, 0) is 15.1 Å². The third-order valence-electron chi connectivity index (χ3n) is 10.1. The monoisotopic (exact) mass is 759 g/mol. The quantitative estimate of drug-likeness (QED) is 0.167. The first-order valence-electron chi connectivity index (χ1n) is 16.6. The van der Waals surface area contributed by atoms with Crippen LogP contribution in [0.5, 0.6) is 0 Å². The van der Waals surface area contributed by atoms with Crippen molar-refractivity contribution in [1.29, 1.82) is 0 Å². The zero-order valence-corrected chi connectivity index (χ0v) is 29.5. The first-order chi connectivity index (χ1) is 24.8. The number of hydrogen-bond acceptors (Lipinski definition) is 8. The molecule has 2 bridgehead atoms. The Labute approximate surface area is 305 Å². The largest absolute Gasteiger partial charge is 0.447 e. The van der Waals surface area contributed by atoms with Crippen LogP contribution in [0.15, 0.2) is 72.5 Å². The average Bonchev–Trinajstić information content (AvgIpc) is 3.80. The molecular weight excluding hydrogens is 725 g/mol. The van der Waals surface area contributed by atoms with Gasteiger partial charge >= 0.3 is 18.8 Å². The number of nitrogens with two attached hydrogens (primary N) is 1. The fourth-order valence-electron chi connectivity index (χ4n) is 7.80. The van der Waals surface area contributed by atoms with Crippen molar-refractivity contribution in [2.24, 2.45) is 21.6 Å². The minimum atomic E-state index is -4.35. The van der Waals surface area contributed by atoms with Crippen LogP contribution in [0.2, 0.25) is 5.02 Å². The average molecular weight is 760 g/mol. The second-order valence-corrected chi connectivity index (χ2v) is 15.6. The molecule has 280 valence electrons. The molecule has 0 spiro atoms. The maximum absolute atomic E-state index is 14.9. The van der Waals surface area contributed by atoms with Crippen LogP contribution >= 0.6 is 11.6 Å². The van der Waals surface area contributed by atoms with Gasteiger partial charge in [-0.2, -0.15) is 32.1 Å². The Kier molecular flexibility index (Phi) is 8.58. The van der Waals surface area contributed by atoms with E-state index in [1.54, 1.807) is 42.5 Å². The van der Waals surface area contributed by atoms with E-state index in [9.17, 15) is 31.5 Å². The van der Waals surface area contributed by atoms with Gasteiger partial charge in [-0.15, -0.1) is 0 Å². The van der Waals surface area contributed by atoms with Crippen LogP contribution in [0.3, 0.4) is 0 Å². The maximum Gasteiger partial charge on any atom is 0.407 e. The number of benzene rings is 2. The number of aliphatic imine (C=N–C) groups is 1.